The molecule has 0 bridgehead atoms. The quantitative estimate of drug-likeness (QED) is 0.607. The second-order valence-corrected chi connectivity index (χ2v) is 5.46. The Morgan fingerprint density at radius 1 is 1.38 bits per heavy atom. The number of hydrogen-bond donors (Lipinski definition) is 2. The first-order chi connectivity index (χ1) is 5.99. The Morgan fingerprint density at radius 3 is 2.54 bits per heavy atom. The van der Waals surface area contributed by atoms with E-state index >= 15 is 0 Å². The van der Waals surface area contributed by atoms with Crippen LogP contribution in [0.4, 0.5) is 4.39 Å². The van der Waals surface area contributed by atoms with Gasteiger partial charge < -0.3 is 9.79 Å². The molecule has 0 aliphatic heterocycles. The molecule has 0 amide bonds. The summed E-state index contributed by atoms with van der Waals surface area (Å²) < 4.78 is 23.4. The summed E-state index contributed by atoms with van der Waals surface area (Å²) in [6, 6.07) is 5.87. The van der Waals surface area contributed by atoms with Gasteiger partial charge in [0, 0.05) is 4.90 Å². The average Bonchev–Trinajstić information content (AvgIpc) is 2.01. The van der Waals surface area contributed by atoms with E-state index < -0.39 is 18.9 Å². The summed E-state index contributed by atoms with van der Waals surface area (Å²) >= 11 is 0.816. The van der Waals surface area contributed by atoms with Crippen LogP contribution in [0.3, 0.4) is 0 Å². The van der Waals surface area contributed by atoms with Gasteiger partial charge in [0.25, 0.3) is 0 Å². The lowest BCUT2D eigenvalue weighted by atomic mass is 10.4. The highest BCUT2D eigenvalue weighted by Crippen LogP contribution is 2.41. The Bertz CT molecular complexity index is 338. The van der Waals surface area contributed by atoms with Crippen LogP contribution in [0.1, 0.15) is 0 Å². The molecule has 1 aromatic carbocycles. The van der Waals surface area contributed by atoms with Crippen molar-refractivity contribution < 1.29 is 18.7 Å². The molecule has 0 aromatic heterocycles. The fourth-order valence-electron chi connectivity index (χ4n) is 0.715. The predicted octanol–water partition coefficient (Wildman–Crippen LogP) is 2.05. The van der Waals surface area contributed by atoms with Crippen LogP contribution in [0, 0.1) is 5.82 Å². The minimum Gasteiger partial charge on any atom is -0.324 e. The normalized spacial score (nSPS) is 11.6. The molecule has 1 rings (SSSR count). The Morgan fingerprint density at radius 2 is 2.00 bits per heavy atom. The number of benzene rings is 1. The lowest BCUT2D eigenvalue weighted by molar-refractivity contribution is 0.379. The van der Waals surface area contributed by atoms with Gasteiger partial charge in [0.15, 0.2) is 0 Å². The standard InChI is InChI=1S/C7H8FO3PS/c8-6-3-1-2-4-7(6)13-5-12(9,10)11/h1-4H,5H2,(H2,9,10,11). The zero-order chi connectivity index (χ0) is 9.90. The lowest BCUT2D eigenvalue weighted by Gasteiger charge is -2.03. The van der Waals surface area contributed by atoms with E-state index in [0.717, 1.165) is 11.8 Å². The molecule has 0 unspecified atom stereocenters. The van der Waals surface area contributed by atoms with Crippen molar-refractivity contribution in [3.63, 3.8) is 0 Å². The van der Waals surface area contributed by atoms with E-state index in [2.05, 4.69) is 0 Å². The second kappa shape index (κ2) is 4.24. The first-order valence-corrected chi connectivity index (χ1v) is 6.19. The topological polar surface area (TPSA) is 57.5 Å². The van der Waals surface area contributed by atoms with Crippen molar-refractivity contribution in [1.29, 1.82) is 0 Å². The molecule has 0 fully saturated rings. The predicted molar refractivity (Wildman–Crippen MR) is 49.2 cm³/mol. The van der Waals surface area contributed by atoms with Gasteiger partial charge in [0.05, 0.1) is 0 Å². The van der Waals surface area contributed by atoms with Crippen molar-refractivity contribution in [2.75, 3.05) is 5.49 Å². The molecule has 0 radical (unpaired) electrons. The summed E-state index contributed by atoms with van der Waals surface area (Å²) in [7, 11) is -4.05. The van der Waals surface area contributed by atoms with Crippen molar-refractivity contribution in [3.8, 4) is 0 Å². The van der Waals surface area contributed by atoms with E-state index in [1.807, 2.05) is 0 Å². The Balaban J connectivity index is 2.65. The molecule has 13 heavy (non-hydrogen) atoms. The number of rotatable bonds is 3. The van der Waals surface area contributed by atoms with Gasteiger partial charge in [-0.1, -0.05) is 12.1 Å². The second-order valence-electron chi connectivity index (χ2n) is 2.37. The Hall–Kier alpha value is -0.350. The van der Waals surface area contributed by atoms with E-state index in [9.17, 15) is 8.96 Å². The molecule has 6 heteroatoms. The molecule has 0 spiro atoms. The smallest absolute Gasteiger partial charge is 0.324 e. The summed E-state index contributed by atoms with van der Waals surface area (Å²) in [5.41, 5.74) is -0.395. The van der Waals surface area contributed by atoms with E-state index in [1.54, 1.807) is 6.07 Å². The fraction of sp³-hybridized carbons (Fsp3) is 0.143. The molecule has 0 heterocycles. The highest BCUT2D eigenvalue weighted by atomic mass is 32.2. The molecular weight excluding hydrogens is 214 g/mol. The van der Waals surface area contributed by atoms with Crippen molar-refractivity contribution in [2.45, 2.75) is 4.90 Å². The maximum absolute atomic E-state index is 12.9. The molecule has 0 aliphatic rings. The number of halogens is 1. The van der Waals surface area contributed by atoms with Crippen molar-refractivity contribution in [3.05, 3.63) is 30.1 Å². The maximum atomic E-state index is 12.9. The van der Waals surface area contributed by atoms with E-state index in [1.165, 1.54) is 18.2 Å². The third kappa shape index (κ3) is 3.91. The van der Waals surface area contributed by atoms with Gasteiger partial charge in [-0.15, -0.1) is 11.8 Å². The Labute approximate surface area is 79.1 Å². The van der Waals surface area contributed by atoms with Gasteiger partial charge in [0.1, 0.15) is 11.3 Å². The summed E-state index contributed by atoms with van der Waals surface area (Å²) in [6.07, 6.45) is 0. The summed E-state index contributed by atoms with van der Waals surface area (Å²) in [4.78, 5) is 17.3. The molecule has 1 aromatic rings. The molecule has 0 saturated heterocycles. The summed E-state index contributed by atoms with van der Waals surface area (Å²) in [5, 5.41) is 0. The monoisotopic (exact) mass is 222 g/mol. The van der Waals surface area contributed by atoms with Gasteiger partial charge in [-0.3, -0.25) is 4.57 Å². The first kappa shape index (κ1) is 10.7. The van der Waals surface area contributed by atoms with Crippen LogP contribution in [-0.4, -0.2) is 15.3 Å². The lowest BCUT2D eigenvalue weighted by Crippen LogP contribution is -1.84. The minimum atomic E-state index is -4.05. The molecule has 0 aliphatic carbocycles. The van der Waals surface area contributed by atoms with Gasteiger partial charge in [-0.25, -0.2) is 4.39 Å². The average molecular weight is 222 g/mol. The SMILES string of the molecule is O=P(O)(O)CSc1ccccc1F. The summed E-state index contributed by atoms with van der Waals surface area (Å²) in [6.45, 7) is 0. The first-order valence-electron chi connectivity index (χ1n) is 3.41. The fourth-order valence-corrected chi connectivity index (χ4v) is 2.33. The van der Waals surface area contributed by atoms with Crippen molar-refractivity contribution >= 4 is 19.4 Å². The van der Waals surface area contributed by atoms with Crippen LogP contribution in [0.5, 0.6) is 0 Å². The van der Waals surface area contributed by atoms with E-state index in [-0.39, 0.29) is 4.90 Å². The largest absolute Gasteiger partial charge is 0.335 e. The summed E-state index contributed by atoms with van der Waals surface area (Å²) in [5.74, 6) is -0.457. The minimum absolute atomic E-state index is 0.255. The highest BCUT2D eigenvalue weighted by Gasteiger charge is 2.14. The maximum Gasteiger partial charge on any atom is 0.335 e. The molecular formula is C7H8FO3PS. The van der Waals surface area contributed by atoms with E-state index in [4.69, 9.17) is 9.79 Å². The van der Waals surface area contributed by atoms with Crippen molar-refractivity contribution in [2.24, 2.45) is 0 Å². The van der Waals surface area contributed by atoms with Crippen molar-refractivity contribution in [1.82, 2.24) is 0 Å². The van der Waals surface area contributed by atoms with Crippen LogP contribution in [0.15, 0.2) is 29.2 Å². The molecule has 3 nitrogen and oxygen atoms in total. The number of thioether (sulfide) groups is 1. The van der Waals surface area contributed by atoms with Crippen LogP contribution >= 0.6 is 19.4 Å². The molecule has 2 N–H and O–H groups in total. The van der Waals surface area contributed by atoms with Gasteiger partial charge in [0.2, 0.25) is 0 Å². The van der Waals surface area contributed by atoms with Gasteiger partial charge in [-0.05, 0) is 12.1 Å². The van der Waals surface area contributed by atoms with Crippen LogP contribution < -0.4 is 0 Å². The number of hydrogen-bond acceptors (Lipinski definition) is 2. The molecule has 0 saturated carbocycles. The van der Waals surface area contributed by atoms with Crippen LogP contribution in [0.25, 0.3) is 0 Å². The highest BCUT2D eigenvalue weighted by molar-refractivity contribution is 8.04. The zero-order valence-corrected chi connectivity index (χ0v) is 8.26. The van der Waals surface area contributed by atoms with Crippen LogP contribution in [-0.2, 0) is 4.57 Å². The van der Waals surface area contributed by atoms with Gasteiger partial charge in [-0.2, -0.15) is 0 Å². The third-order valence-corrected chi connectivity index (χ3v) is 3.73. The Kier molecular flexibility index (Phi) is 3.50. The zero-order valence-electron chi connectivity index (χ0n) is 6.55. The van der Waals surface area contributed by atoms with Gasteiger partial charge >= 0.3 is 7.60 Å². The molecule has 72 valence electrons. The molecule has 0 atom stereocenters. The van der Waals surface area contributed by atoms with E-state index in [0.29, 0.717) is 0 Å². The van der Waals surface area contributed by atoms with Crippen LogP contribution in [0.2, 0.25) is 0 Å². The third-order valence-electron chi connectivity index (χ3n) is 1.22.